The van der Waals surface area contributed by atoms with Gasteiger partial charge < -0.3 is 0 Å². The molecule has 0 fully saturated rings. The Morgan fingerprint density at radius 2 is 1.61 bits per heavy atom. The molecule has 1 aliphatic rings. The largest absolute Gasteiger partial charge is 0.272 e. The van der Waals surface area contributed by atoms with E-state index in [-0.39, 0.29) is 11.8 Å². The summed E-state index contributed by atoms with van der Waals surface area (Å²) in [5.41, 5.74) is 1.88. The van der Waals surface area contributed by atoms with Gasteiger partial charge in [-0.15, -0.1) is 23.1 Å². The molecule has 4 rings (SSSR count). The van der Waals surface area contributed by atoms with Gasteiger partial charge in [0.15, 0.2) is 0 Å². The lowest BCUT2D eigenvalue weighted by Crippen LogP contribution is -2.31. The van der Waals surface area contributed by atoms with E-state index in [9.17, 15) is 9.59 Å². The van der Waals surface area contributed by atoms with Gasteiger partial charge in [-0.1, -0.05) is 59.6 Å². The average molecular weight is 446 g/mol. The molecule has 1 aliphatic heterocycles. The Kier molecular flexibility index (Phi) is 5.60. The summed E-state index contributed by atoms with van der Waals surface area (Å²) in [5.74, 6) is -0.122. The molecule has 2 amide bonds. The summed E-state index contributed by atoms with van der Waals surface area (Å²) in [5, 5.41) is 2.62. The van der Waals surface area contributed by atoms with Crippen molar-refractivity contribution in [3.8, 4) is 0 Å². The number of imide groups is 1. The normalized spacial score (nSPS) is 14.3. The molecule has 0 unspecified atom stereocenters. The lowest BCUT2D eigenvalue weighted by atomic mass is 10.2. The number of carbonyl (C=O) groups is 2. The van der Waals surface area contributed by atoms with Crippen molar-refractivity contribution >= 4 is 69.4 Å². The molecule has 0 saturated heterocycles. The van der Waals surface area contributed by atoms with Crippen LogP contribution in [-0.4, -0.2) is 11.8 Å². The predicted molar refractivity (Wildman–Crippen MR) is 118 cm³/mol. The molecule has 0 spiro atoms. The summed E-state index contributed by atoms with van der Waals surface area (Å²) in [7, 11) is 0. The number of hydrogen-bond donors (Lipinski definition) is 0. The lowest BCUT2D eigenvalue weighted by Gasteiger charge is -2.15. The van der Waals surface area contributed by atoms with Gasteiger partial charge in [0, 0.05) is 20.7 Å². The zero-order valence-corrected chi connectivity index (χ0v) is 17.5. The van der Waals surface area contributed by atoms with E-state index in [1.54, 1.807) is 18.2 Å². The molecule has 0 bridgehead atoms. The number of thiophene rings is 1. The number of hydrogen-bond acceptors (Lipinski definition) is 4. The Morgan fingerprint density at radius 3 is 2.25 bits per heavy atom. The summed E-state index contributed by atoms with van der Waals surface area (Å²) in [6.45, 7) is 0. The molecule has 7 heteroatoms. The third-order valence-electron chi connectivity index (χ3n) is 4.14. The molecule has 0 saturated carbocycles. The molecule has 3 aromatic rings. The Balaban J connectivity index is 1.73. The standard InChI is InChI=1S/C21H13Cl2NO2S2/c22-14-9-15(23)11-16(10-14)24-20(25)18(17-7-4-8-27-17)19(21(24)26)28-12-13-5-2-1-3-6-13/h1-11H,12H2. The molecular weight excluding hydrogens is 433 g/mol. The predicted octanol–water partition coefficient (Wildman–Crippen LogP) is 6.27. The fourth-order valence-electron chi connectivity index (χ4n) is 2.91. The van der Waals surface area contributed by atoms with Crippen LogP contribution < -0.4 is 4.90 Å². The first-order valence-electron chi connectivity index (χ1n) is 8.34. The highest BCUT2D eigenvalue weighted by atomic mass is 35.5. The molecule has 2 heterocycles. The number of amides is 2. The van der Waals surface area contributed by atoms with Crippen LogP contribution >= 0.6 is 46.3 Å². The van der Waals surface area contributed by atoms with E-state index >= 15 is 0 Å². The maximum absolute atomic E-state index is 13.2. The van der Waals surface area contributed by atoms with E-state index in [1.165, 1.54) is 23.1 Å². The van der Waals surface area contributed by atoms with Gasteiger partial charge in [0.1, 0.15) is 0 Å². The second-order valence-electron chi connectivity index (χ2n) is 6.03. The van der Waals surface area contributed by atoms with Crippen LogP contribution in [0.1, 0.15) is 10.4 Å². The molecule has 0 aliphatic carbocycles. The number of thioether (sulfide) groups is 1. The van der Waals surface area contributed by atoms with Crippen LogP contribution in [0.5, 0.6) is 0 Å². The molecule has 0 N–H and O–H groups in total. The Bertz CT molecular complexity index is 1060. The Morgan fingerprint density at radius 1 is 0.893 bits per heavy atom. The first-order chi connectivity index (χ1) is 13.5. The minimum Gasteiger partial charge on any atom is -0.268 e. The van der Waals surface area contributed by atoms with Crippen LogP contribution in [-0.2, 0) is 15.3 Å². The van der Waals surface area contributed by atoms with E-state index in [2.05, 4.69) is 0 Å². The average Bonchev–Trinajstić information content (AvgIpc) is 3.26. The Labute approximate surface area is 180 Å². The second-order valence-corrected chi connectivity index (χ2v) is 8.84. The number of halogens is 2. The van der Waals surface area contributed by atoms with Gasteiger partial charge in [0.05, 0.1) is 16.2 Å². The van der Waals surface area contributed by atoms with Gasteiger partial charge >= 0.3 is 0 Å². The zero-order chi connectivity index (χ0) is 19.7. The van der Waals surface area contributed by atoms with Crippen LogP contribution in [0.2, 0.25) is 10.0 Å². The van der Waals surface area contributed by atoms with Crippen molar-refractivity contribution in [1.29, 1.82) is 0 Å². The zero-order valence-electron chi connectivity index (χ0n) is 14.4. The fourth-order valence-corrected chi connectivity index (χ4v) is 5.32. The number of anilines is 1. The van der Waals surface area contributed by atoms with Crippen molar-refractivity contribution in [2.75, 3.05) is 4.90 Å². The van der Waals surface area contributed by atoms with E-state index in [1.807, 2.05) is 47.8 Å². The quantitative estimate of drug-likeness (QED) is 0.434. The van der Waals surface area contributed by atoms with E-state index in [0.717, 1.165) is 15.3 Å². The van der Waals surface area contributed by atoms with Gasteiger partial charge in [-0.05, 0) is 35.2 Å². The number of carbonyl (C=O) groups excluding carboxylic acids is 2. The van der Waals surface area contributed by atoms with E-state index < -0.39 is 0 Å². The lowest BCUT2D eigenvalue weighted by molar-refractivity contribution is -0.119. The molecule has 2 aromatic carbocycles. The second kappa shape index (κ2) is 8.13. The smallest absolute Gasteiger partial charge is 0.268 e. The maximum Gasteiger partial charge on any atom is 0.272 e. The molecule has 0 atom stereocenters. The van der Waals surface area contributed by atoms with E-state index in [0.29, 0.717) is 32.0 Å². The molecular formula is C21H13Cl2NO2S2. The van der Waals surface area contributed by atoms with Crippen LogP contribution in [0.4, 0.5) is 5.69 Å². The molecule has 1 aromatic heterocycles. The molecule has 0 radical (unpaired) electrons. The first-order valence-corrected chi connectivity index (χ1v) is 11.0. The first kappa shape index (κ1) is 19.3. The molecule has 140 valence electrons. The summed E-state index contributed by atoms with van der Waals surface area (Å²) in [4.78, 5) is 28.8. The summed E-state index contributed by atoms with van der Waals surface area (Å²) >= 11 is 15.0. The van der Waals surface area contributed by atoms with Crippen molar-refractivity contribution < 1.29 is 9.59 Å². The van der Waals surface area contributed by atoms with Crippen LogP contribution in [0.25, 0.3) is 5.57 Å². The van der Waals surface area contributed by atoms with Gasteiger partial charge in [0.25, 0.3) is 11.8 Å². The maximum atomic E-state index is 13.2. The van der Waals surface area contributed by atoms with Gasteiger partial charge in [-0.2, -0.15) is 0 Å². The van der Waals surface area contributed by atoms with Gasteiger partial charge in [-0.25, -0.2) is 4.90 Å². The number of benzene rings is 2. The highest BCUT2D eigenvalue weighted by Crippen LogP contribution is 2.41. The number of nitrogens with zero attached hydrogens (tertiary/aromatic N) is 1. The van der Waals surface area contributed by atoms with Gasteiger partial charge in [-0.3, -0.25) is 9.59 Å². The summed E-state index contributed by atoms with van der Waals surface area (Å²) in [6.07, 6.45) is 0. The molecule has 28 heavy (non-hydrogen) atoms. The topological polar surface area (TPSA) is 37.4 Å². The van der Waals surface area contributed by atoms with Crippen molar-refractivity contribution in [3.63, 3.8) is 0 Å². The van der Waals surface area contributed by atoms with Crippen molar-refractivity contribution in [1.82, 2.24) is 0 Å². The number of rotatable bonds is 5. The summed E-state index contributed by atoms with van der Waals surface area (Å²) in [6, 6.07) is 18.3. The van der Waals surface area contributed by atoms with Crippen molar-refractivity contribution in [2.24, 2.45) is 0 Å². The van der Waals surface area contributed by atoms with Crippen molar-refractivity contribution in [3.05, 3.63) is 91.4 Å². The minimum atomic E-state index is -0.360. The monoisotopic (exact) mass is 445 g/mol. The van der Waals surface area contributed by atoms with Crippen LogP contribution in [0.3, 0.4) is 0 Å². The van der Waals surface area contributed by atoms with Crippen molar-refractivity contribution in [2.45, 2.75) is 5.75 Å². The fraction of sp³-hybridized carbons (Fsp3) is 0.0476. The highest BCUT2D eigenvalue weighted by molar-refractivity contribution is 8.03. The Hall–Kier alpha value is -2.05. The van der Waals surface area contributed by atoms with Gasteiger partial charge in [0.2, 0.25) is 0 Å². The van der Waals surface area contributed by atoms with Crippen LogP contribution in [0.15, 0.2) is 70.9 Å². The SMILES string of the molecule is O=C1C(SCc2ccccc2)=C(c2cccs2)C(=O)N1c1cc(Cl)cc(Cl)c1. The van der Waals surface area contributed by atoms with Crippen LogP contribution in [0, 0.1) is 0 Å². The highest BCUT2D eigenvalue weighted by Gasteiger charge is 2.40. The minimum absolute atomic E-state index is 0.354. The third kappa shape index (κ3) is 3.76. The molecule has 3 nitrogen and oxygen atoms in total. The summed E-state index contributed by atoms with van der Waals surface area (Å²) < 4.78 is 0. The van der Waals surface area contributed by atoms with E-state index in [4.69, 9.17) is 23.2 Å². The third-order valence-corrected chi connectivity index (χ3v) is 6.61.